The average Bonchev–Trinajstić information content (AvgIpc) is 2.49. The largest absolute Gasteiger partial charge is 0.388 e. The summed E-state index contributed by atoms with van der Waals surface area (Å²) in [5.41, 5.74) is -6.05. The molecule has 1 N–H and O–H groups in total. The Bertz CT molecular complexity index is 620. The van der Waals surface area contributed by atoms with E-state index in [0.717, 1.165) is 12.1 Å². The average molecular weight is 431 g/mol. The highest BCUT2D eigenvalue weighted by atomic mass is 79.9. The van der Waals surface area contributed by atoms with Crippen molar-refractivity contribution < 1.29 is 44.6 Å². The molecule has 24 heavy (non-hydrogen) atoms. The molecule has 0 saturated heterocycles. The molecular weight excluding hydrogens is 423 g/mol. The van der Waals surface area contributed by atoms with Crippen molar-refractivity contribution in [2.75, 3.05) is 0 Å². The highest BCUT2D eigenvalue weighted by molar-refractivity contribution is 9.10. The molecule has 136 valence electrons. The van der Waals surface area contributed by atoms with Gasteiger partial charge in [-0.15, -0.1) is 0 Å². The summed E-state index contributed by atoms with van der Waals surface area (Å²) in [7, 11) is 0. The molecule has 1 aromatic carbocycles. The molecule has 1 atom stereocenters. The van der Waals surface area contributed by atoms with Crippen molar-refractivity contribution in [2.24, 2.45) is 0 Å². The lowest BCUT2D eigenvalue weighted by molar-refractivity contribution is -0.303. The summed E-state index contributed by atoms with van der Waals surface area (Å²) in [5.74, 6) is -26.1. The Balaban J connectivity index is 2.51. The van der Waals surface area contributed by atoms with Crippen LogP contribution in [0.15, 0.2) is 28.7 Å². The van der Waals surface area contributed by atoms with Crippen molar-refractivity contribution in [3.05, 3.63) is 34.3 Å². The van der Waals surface area contributed by atoms with Crippen LogP contribution >= 0.6 is 15.9 Å². The monoisotopic (exact) mass is 430 g/mol. The molecule has 1 unspecified atom stereocenters. The van der Waals surface area contributed by atoms with Crippen molar-refractivity contribution in [2.45, 2.75) is 41.9 Å². The lowest BCUT2D eigenvalue weighted by Gasteiger charge is -2.32. The summed E-state index contributed by atoms with van der Waals surface area (Å²) >= 11 is 2.90. The zero-order valence-corrected chi connectivity index (χ0v) is 12.9. The summed E-state index contributed by atoms with van der Waals surface area (Å²) in [6.07, 6.45) is -4.80. The second-order valence-corrected chi connectivity index (χ2v) is 6.29. The molecule has 0 aliphatic heterocycles. The fourth-order valence-corrected chi connectivity index (χ4v) is 2.86. The molecule has 11 heteroatoms. The molecule has 1 aliphatic rings. The van der Waals surface area contributed by atoms with Crippen LogP contribution in [0.1, 0.15) is 18.1 Å². The number of hydrogen-bond donors (Lipinski definition) is 1. The maximum atomic E-state index is 14.3. The first kappa shape index (κ1) is 19.4. The summed E-state index contributed by atoms with van der Waals surface area (Å²) in [5, 5.41) is 9.66. The maximum absolute atomic E-state index is 14.3. The SMILES string of the molecule is OC(CC1(F)C(F)(F)C(F)(F)C(F)(F)C1(F)F)c1cccc(Br)c1. The fourth-order valence-electron chi connectivity index (χ4n) is 2.44. The first-order chi connectivity index (χ1) is 10.6. The summed E-state index contributed by atoms with van der Waals surface area (Å²) in [4.78, 5) is 0. The molecule has 1 fully saturated rings. The lowest BCUT2D eigenvalue weighted by Crippen LogP contribution is -2.55. The number of hydrogen-bond acceptors (Lipinski definition) is 1. The number of aliphatic hydroxyl groups excluding tert-OH is 1. The molecule has 1 aromatic rings. The van der Waals surface area contributed by atoms with E-state index in [9.17, 15) is 44.6 Å². The van der Waals surface area contributed by atoms with Gasteiger partial charge in [-0.25, -0.2) is 4.39 Å². The van der Waals surface area contributed by atoms with Crippen LogP contribution in [0.4, 0.5) is 39.5 Å². The Morgan fingerprint density at radius 1 is 0.833 bits per heavy atom. The van der Waals surface area contributed by atoms with Crippen LogP contribution in [-0.2, 0) is 0 Å². The van der Waals surface area contributed by atoms with Crippen LogP contribution in [0.2, 0.25) is 0 Å². The van der Waals surface area contributed by atoms with Crippen LogP contribution < -0.4 is 0 Å². The van der Waals surface area contributed by atoms with Gasteiger partial charge in [-0.05, 0) is 17.7 Å². The molecule has 1 aliphatic carbocycles. The van der Waals surface area contributed by atoms with E-state index in [1.807, 2.05) is 0 Å². The number of halogens is 10. The molecule has 0 radical (unpaired) electrons. The predicted molar refractivity (Wildman–Crippen MR) is 67.3 cm³/mol. The van der Waals surface area contributed by atoms with E-state index in [1.165, 1.54) is 12.1 Å². The van der Waals surface area contributed by atoms with Crippen LogP contribution in [0.3, 0.4) is 0 Å². The second-order valence-electron chi connectivity index (χ2n) is 5.37. The quantitative estimate of drug-likeness (QED) is 0.658. The Kier molecular flexibility index (Phi) is 4.24. The Morgan fingerprint density at radius 2 is 1.29 bits per heavy atom. The van der Waals surface area contributed by atoms with Crippen molar-refractivity contribution in [1.82, 2.24) is 0 Å². The van der Waals surface area contributed by atoms with Gasteiger partial charge in [0.15, 0.2) is 0 Å². The van der Waals surface area contributed by atoms with Crippen LogP contribution in [0.5, 0.6) is 0 Å². The third-order valence-corrected chi connectivity index (χ3v) is 4.38. The fraction of sp³-hybridized carbons (Fsp3) is 0.538. The minimum Gasteiger partial charge on any atom is -0.388 e. The van der Waals surface area contributed by atoms with E-state index in [1.54, 1.807) is 0 Å². The van der Waals surface area contributed by atoms with Crippen molar-refractivity contribution in [3.63, 3.8) is 0 Å². The Hall–Kier alpha value is -0.970. The van der Waals surface area contributed by atoms with E-state index in [4.69, 9.17) is 0 Å². The van der Waals surface area contributed by atoms with Crippen molar-refractivity contribution in [1.29, 1.82) is 0 Å². The molecule has 1 nitrogen and oxygen atoms in total. The van der Waals surface area contributed by atoms with Crippen LogP contribution in [-0.4, -0.2) is 34.5 Å². The first-order valence-corrected chi connectivity index (χ1v) is 7.06. The zero-order chi connectivity index (χ0) is 18.8. The molecule has 0 aromatic heterocycles. The van der Waals surface area contributed by atoms with Gasteiger partial charge in [0.25, 0.3) is 5.67 Å². The second kappa shape index (κ2) is 5.26. The van der Waals surface area contributed by atoms with Gasteiger partial charge in [-0.1, -0.05) is 28.1 Å². The standard InChI is InChI=1S/C13H8BrF9O/c14-7-3-1-2-6(4-7)8(24)5-9(15)10(16,17)12(20,21)13(22,23)11(9,18)19/h1-4,8,24H,5H2. The number of aliphatic hydroxyl groups is 1. The van der Waals surface area contributed by atoms with Crippen molar-refractivity contribution >= 4 is 15.9 Å². The highest BCUT2D eigenvalue weighted by Gasteiger charge is 3.00. The number of rotatable bonds is 3. The summed E-state index contributed by atoms with van der Waals surface area (Å²) < 4.78 is 121. The molecule has 2 rings (SSSR count). The maximum Gasteiger partial charge on any atom is 0.381 e. The Labute approximate surface area is 137 Å². The number of benzene rings is 1. The van der Waals surface area contributed by atoms with Gasteiger partial charge >= 0.3 is 23.7 Å². The van der Waals surface area contributed by atoms with Gasteiger partial charge in [0, 0.05) is 10.9 Å². The molecule has 0 amide bonds. The van der Waals surface area contributed by atoms with Crippen LogP contribution in [0, 0.1) is 0 Å². The Morgan fingerprint density at radius 3 is 1.71 bits per heavy atom. The topological polar surface area (TPSA) is 20.2 Å². The van der Waals surface area contributed by atoms with E-state index < -0.39 is 47.4 Å². The van der Waals surface area contributed by atoms with Gasteiger partial charge in [0.1, 0.15) is 0 Å². The summed E-state index contributed by atoms with van der Waals surface area (Å²) in [6, 6.07) is 4.60. The molecule has 0 heterocycles. The van der Waals surface area contributed by atoms with Gasteiger partial charge in [-0.3, -0.25) is 0 Å². The predicted octanol–water partition coefficient (Wildman–Crippen LogP) is 5.14. The normalized spacial score (nSPS) is 27.0. The third-order valence-electron chi connectivity index (χ3n) is 3.89. The molecule has 0 spiro atoms. The summed E-state index contributed by atoms with van der Waals surface area (Å²) in [6.45, 7) is 0. The van der Waals surface area contributed by atoms with Gasteiger partial charge in [0.05, 0.1) is 6.10 Å². The smallest absolute Gasteiger partial charge is 0.381 e. The van der Waals surface area contributed by atoms with E-state index >= 15 is 0 Å². The zero-order valence-electron chi connectivity index (χ0n) is 11.3. The number of alkyl halides is 9. The van der Waals surface area contributed by atoms with Crippen molar-refractivity contribution in [3.8, 4) is 0 Å². The first-order valence-electron chi connectivity index (χ1n) is 6.27. The minimum absolute atomic E-state index is 0.229. The third kappa shape index (κ3) is 2.12. The van der Waals surface area contributed by atoms with E-state index in [0.29, 0.717) is 0 Å². The molecule has 0 bridgehead atoms. The van der Waals surface area contributed by atoms with Gasteiger partial charge < -0.3 is 5.11 Å². The molecular formula is C13H8BrF9O. The van der Waals surface area contributed by atoms with E-state index in [2.05, 4.69) is 15.9 Å². The van der Waals surface area contributed by atoms with Gasteiger partial charge in [-0.2, -0.15) is 35.1 Å². The minimum atomic E-state index is -6.63. The van der Waals surface area contributed by atoms with Crippen LogP contribution in [0.25, 0.3) is 0 Å². The lowest BCUT2D eigenvalue weighted by atomic mass is 9.88. The highest BCUT2D eigenvalue weighted by Crippen LogP contribution is 2.70. The van der Waals surface area contributed by atoms with E-state index in [-0.39, 0.29) is 4.47 Å². The van der Waals surface area contributed by atoms with Gasteiger partial charge in [0.2, 0.25) is 0 Å². The molecule has 1 saturated carbocycles.